The zero-order valence-corrected chi connectivity index (χ0v) is 19.1. The molecule has 1 aliphatic rings. The Labute approximate surface area is 191 Å². The fraction of sp³-hybridized carbons (Fsp3) is 0.240. The minimum Gasteiger partial charge on any atom is -0.506 e. The highest BCUT2D eigenvalue weighted by Gasteiger charge is 2.28. The lowest BCUT2D eigenvalue weighted by molar-refractivity contribution is 0.469. The fourth-order valence-electron chi connectivity index (χ4n) is 4.39. The molecule has 5 nitrogen and oxygen atoms in total. The number of aromatic hydroxyl groups is 1. The number of aromatic nitrogens is 1. The summed E-state index contributed by atoms with van der Waals surface area (Å²) in [6.45, 7) is 0. The minimum absolute atomic E-state index is 0.138. The molecule has 1 saturated carbocycles. The van der Waals surface area contributed by atoms with Gasteiger partial charge in [0.25, 0.3) is 0 Å². The van der Waals surface area contributed by atoms with Crippen LogP contribution in [0.15, 0.2) is 76.7 Å². The number of hydrogen-bond donors (Lipinski definition) is 2. The Balaban J connectivity index is 1.59. The molecule has 32 heavy (non-hydrogen) atoms. The lowest BCUT2D eigenvalue weighted by Gasteiger charge is -2.23. The topological polar surface area (TPSA) is 79.3 Å². The van der Waals surface area contributed by atoms with Crippen LogP contribution in [-0.2, 0) is 10.0 Å². The SMILES string of the molecule is O=S(=O)(Nc1cc(Sc2cccc3cccnc23)c(O)c2ccccc12)C1CCCCC1. The van der Waals surface area contributed by atoms with Gasteiger partial charge < -0.3 is 5.11 Å². The molecule has 0 spiro atoms. The third-order valence-electron chi connectivity index (χ3n) is 6.04. The molecule has 4 aromatic rings. The second kappa shape index (κ2) is 8.64. The number of phenols is 1. The molecule has 0 radical (unpaired) electrons. The molecule has 5 rings (SSSR count). The molecule has 0 amide bonds. The van der Waals surface area contributed by atoms with Crippen LogP contribution in [0.1, 0.15) is 32.1 Å². The number of phenolic OH excluding ortho intramolecular Hbond substituents is 1. The van der Waals surface area contributed by atoms with Gasteiger partial charge in [-0.05, 0) is 31.0 Å². The van der Waals surface area contributed by atoms with E-state index in [1.807, 2.05) is 54.6 Å². The number of rotatable bonds is 5. The zero-order chi connectivity index (χ0) is 22.1. The van der Waals surface area contributed by atoms with Crippen LogP contribution in [0.5, 0.6) is 5.75 Å². The highest BCUT2D eigenvalue weighted by Crippen LogP contribution is 2.44. The van der Waals surface area contributed by atoms with Gasteiger partial charge in [-0.3, -0.25) is 9.71 Å². The maximum atomic E-state index is 13.1. The predicted molar refractivity (Wildman–Crippen MR) is 131 cm³/mol. The number of para-hydroxylation sites is 1. The van der Waals surface area contributed by atoms with Gasteiger partial charge in [0.1, 0.15) is 5.75 Å². The van der Waals surface area contributed by atoms with Gasteiger partial charge >= 0.3 is 0 Å². The highest BCUT2D eigenvalue weighted by atomic mass is 32.2. The van der Waals surface area contributed by atoms with Crippen molar-refractivity contribution in [2.45, 2.75) is 47.1 Å². The van der Waals surface area contributed by atoms with Crippen molar-refractivity contribution in [3.8, 4) is 5.75 Å². The summed E-state index contributed by atoms with van der Waals surface area (Å²) < 4.78 is 29.1. The molecule has 1 heterocycles. The van der Waals surface area contributed by atoms with E-state index in [9.17, 15) is 13.5 Å². The molecule has 164 valence electrons. The third kappa shape index (κ3) is 4.02. The van der Waals surface area contributed by atoms with E-state index in [4.69, 9.17) is 0 Å². The molecule has 1 aromatic heterocycles. The quantitative estimate of drug-likeness (QED) is 0.338. The van der Waals surface area contributed by atoms with Crippen LogP contribution < -0.4 is 4.72 Å². The summed E-state index contributed by atoms with van der Waals surface area (Å²) in [6.07, 6.45) is 6.10. The molecule has 2 N–H and O–H groups in total. The summed E-state index contributed by atoms with van der Waals surface area (Å²) in [5, 5.41) is 13.0. The maximum Gasteiger partial charge on any atom is 0.235 e. The largest absolute Gasteiger partial charge is 0.506 e. The standard InChI is InChI=1S/C25H24N2O3S2/c28-25-20-13-5-4-12-19(20)21(27-32(29,30)18-10-2-1-3-11-18)16-23(25)31-22-14-6-8-17-9-7-15-26-24(17)22/h4-9,12-16,18,27-28H,1-3,10-11H2. The molecule has 0 saturated heterocycles. The summed E-state index contributed by atoms with van der Waals surface area (Å²) in [6, 6.07) is 18.9. The molecular formula is C25H24N2O3S2. The highest BCUT2D eigenvalue weighted by molar-refractivity contribution is 7.99. The van der Waals surface area contributed by atoms with Crippen LogP contribution >= 0.6 is 11.8 Å². The number of nitrogens with zero attached hydrogens (tertiary/aromatic N) is 1. The Hall–Kier alpha value is -2.77. The minimum atomic E-state index is -3.52. The Morgan fingerprint density at radius 2 is 1.66 bits per heavy atom. The molecule has 0 aliphatic heterocycles. The van der Waals surface area contributed by atoms with Gasteiger partial charge in [0.2, 0.25) is 10.0 Å². The van der Waals surface area contributed by atoms with Crippen LogP contribution in [-0.4, -0.2) is 23.8 Å². The maximum absolute atomic E-state index is 13.1. The normalized spacial score (nSPS) is 15.2. The molecule has 0 atom stereocenters. The predicted octanol–water partition coefficient (Wildman–Crippen LogP) is 6.32. The number of pyridine rings is 1. The smallest absolute Gasteiger partial charge is 0.235 e. The van der Waals surface area contributed by atoms with Crippen molar-refractivity contribution in [3.63, 3.8) is 0 Å². The van der Waals surface area contributed by atoms with E-state index < -0.39 is 10.0 Å². The lowest BCUT2D eigenvalue weighted by atomic mass is 10.0. The van der Waals surface area contributed by atoms with Crippen molar-refractivity contribution in [1.82, 2.24) is 4.98 Å². The van der Waals surface area contributed by atoms with Crippen molar-refractivity contribution >= 4 is 49.1 Å². The third-order valence-corrected chi connectivity index (χ3v) is 8.97. The van der Waals surface area contributed by atoms with Gasteiger partial charge in [-0.1, -0.05) is 73.5 Å². The Morgan fingerprint density at radius 1 is 0.906 bits per heavy atom. The van der Waals surface area contributed by atoms with E-state index in [1.165, 1.54) is 11.8 Å². The van der Waals surface area contributed by atoms with Crippen LogP contribution in [0.2, 0.25) is 0 Å². The van der Waals surface area contributed by atoms with Gasteiger partial charge in [-0.2, -0.15) is 0 Å². The van der Waals surface area contributed by atoms with Crippen LogP contribution in [0.3, 0.4) is 0 Å². The first-order valence-corrected chi connectivity index (χ1v) is 13.2. The van der Waals surface area contributed by atoms with E-state index in [2.05, 4.69) is 9.71 Å². The van der Waals surface area contributed by atoms with Crippen molar-refractivity contribution in [2.24, 2.45) is 0 Å². The Morgan fingerprint density at radius 3 is 2.47 bits per heavy atom. The van der Waals surface area contributed by atoms with Crippen molar-refractivity contribution in [2.75, 3.05) is 4.72 Å². The number of hydrogen-bond acceptors (Lipinski definition) is 5. The van der Waals surface area contributed by atoms with Crippen molar-refractivity contribution in [3.05, 3.63) is 66.9 Å². The van der Waals surface area contributed by atoms with Gasteiger partial charge in [0.15, 0.2) is 0 Å². The van der Waals surface area contributed by atoms with E-state index in [-0.39, 0.29) is 11.0 Å². The molecule has 3 aromatic carbocycles. The number of benzene rings is 3. The number of fused-ring (bicyclic) bond motifs is 2. The van der Waals surface area contributed by atoms with Gasteiger partial charge in [0.05, 0.1) is 21.3 Å². The van der Waals surface area contributed by atoms with E-state index in [1.54, 1.807) is 12.3 Å². The van der Waals surface area contributed by atoms with Crippen LogP contribution in [0, 0.1) is 0 Å². The first-order chi connectivity index (χ1) is 15.5. The first kappa shape index (κ1) is 21.1. The zero-order valence-electron chi connectivity index (χ0n) is 17.5. The number of nitrogens with one attached hydrogen (secondary N) is 1. The van der Waals surface area contributed by atoms with Crippen LogP contribution in [0.25, 0.3) is 21.7 Å². The molecular weight excluding hydrogens is 440 g/mol. The van der Waals surface area contributed by atoms with E-state index >= 15 is 0 Å². The van der Waals surface area contributed by atoms with Crippen molar-refractivity contribution in [1.29, 1.82) is 0 Å². The summed E-state index contributed by atoms with van der Waals surface area (Å²) in [5.74, 6) is 0.138. The molecule has 1 fully saturated rings. The molecule has 0 bridgehead atoms. The number of sulfonamides is 1. The van der Waals surface area contributed by atoms with E-state index in [0.29, 0.717) is 34.2 Å². The first-order valence-electron chi connectivity index (χ1n) is 10.8. The second-order valence-corrected chi connectivity index (χ2v) is 11.2. The summed E-state index contributed by atoms with van der Waals surface area (Å²) in [5.41, 5.74) is 1.34. The van der Waals surface area contributed by atoms with Gasteiger partial charge in [-0.25, -0.2) is 8.42 Å². The molecule has 1 aliphatic carbocycles. The average Bonchev–Trinajstić information content (AvgIpc) is 2.83. The summed E-state index contributed by atoms with van der Waals surface area (Å²) >= 11 is 1.39. The molecule has 0 unspecified atom stereocenters. The summed E-state index contributed by atoms with van der Waals surface area (Å²) in [4.78, 5) is 5.98. The van der Waals surface area contributed by atoms with E-state index in [0.717, 1.165) is 35.1 Å². The summed E-state index contributed by atoms with van der Waals surface area (Å²) in [7, 11) is -3.52. The Bertz CT molecular complexity index is 1390. The van der Waals surface area contributed by atoms with Crippen molar-refractivity contribution < 1.29 is 13.5 Å². The monoisotopic (exact) mass is 464 g/mol. The van der Waals surface area contributed by atoms with Gasteiger partial charge in [-0.15, -0.1) is 0 Å². The van der Waals surface area contributed by atoms with Gasteiger partial charge in [0, 0.05) is 27.3 Å². The molecule has 7 heteroatoms. The number of anilines is 1. The average molecular weight is 465 g/mol. The van der Waals surface area contributed by atoms with Crippen LogP contribution in [0.4, 0.5) is 5.69 Å². The lowest BCUT2D eigenvalue weighted by Crippen LogP contribution is -2.29. The fourth-order valence-corrected chi connectivity index (χ4v) is 7.02. The Kier molecular flexibility index (Phi) is 5.69. The second-order valence-electron chi connectivity index (χ2n) is 8.16.